The van der Waals surface area contributed by atoms with Crippen molar-refractivity contribution >= 4 is 23.4 Å². The van der Waals surface area contributed by atoms with Gasteiger partial charge in [0.2, 0.25) is 0 Å². The van der Waals surface area contributed by atoms with Gasteiger partial charge in [-0.1, -0.05) is 6.07 Å². The average Bonchev–Trinajstić information content (AvgIpc) is 2.39. The Hall–Kier alpha value is -2.01. The first-order chi connectivity index (χ1) is 9.47. The van der Waals surface area contributed by atoms with Crippen LogP contribution >= 0.6 is 11.8 Å². The van der Waals surface area contributed by atoms with Crippen molar-refractivity contribution in [1.29, 1.82) is 0 Å². The van der Waals surface area contributed by atoms with Crippen LogP contribution in [0.1, 0.15) is 21.5 Å². The van der Waals surface area contributed by atoms with E-state index in [1.165, 1.54) is 30.0 Å². The maximum Gasteiger partial charge on any atom is 0.335 e. The average molecular weight is 291 g/mol. The van der Waals surface area contributed by atoms with Crippen molar-refractivity contribution in [1.82, 2.24) is 0 Å². The van der Waals surface area contributed by atoms with Gasteiger partial charge in [-0.3, -0.25) is 0 Å². The van der Waals surface area contributed by atoms with Gasteiger partial charge in [0.25, 0.3) is 0 Å². The Bertz CT molecular complexity index is 658. The number of carboxylic acid groups (broad SMARTS) is 1. The van der Waals surface area contributed by atoms with E-state index >= 15 is 0 Å². The molecule has 0 aromatic heterocycles. The topological polar surface area (TPSA) is 63.3 Å². The first-order valence-corrected chi connectivity index (χ1v) is 6.96. The summed E-state index contributed by atoms with van der Waals surface area (Å²) < 4.78 is 13.7. The zero-order chi connectivity index (χ0) is 14.7. The number of carbonyl (C=O) groups is 1. The molecule has 0 heterocycles. The van der Waals surface area contributed by atoms with Crippen LogP contribution in [0.2, 0.25) is 0 Å². The lowest BCUT2D eigenvalue weighted by molar-refractivity contribution is 0.0696. The third-order valence-corrected chi connectivity index (χ3v) is 3.98. The predicted octanol–water partition coefficient (Wildman–Crippen LogP) is 3.71. The van der Waals surface area contributed by atoms with Gasteiger partial charge in [-0.15, -0.1) is 11.8 Å². The highest BCUT2D eigenvalue weighted by Gasteiger charge is 2.09. The minimum absolute atomic E-state index is 0.0823. The molecule has 0 radical (unpaired) electrons. The van der Waals surface area contributed by atoms with Gasteiger partial charge in [0.15, 0.2) is 0 Å². The number of rotatable bonds is 4. The van der Waals surface area contributed by atoms with Crippen LogP contribution in [0, 0.1) is 12.7 Å². The van der Waals surface area contributed by atoms with E-state index in [1.807, 2.05) is 25.1 Å². The second-order valence-corrected chi connectivity index (χ2v) is 5.46. The highest BCUT2D eigenvalue weighted by atomic mass is 32.2. The molecule has 3 N–H and O–H groups in total. The van der Waals surface area contributed by atoms with E-state index in [2.05, 4.69) is 0 Å². The van der Waals surface area contributed by atoms with Crippen LogP contribution < -0.4 is 5.73 Å². The third kappa shape index (κ3) is 3.30. The monoisotopic (exact) mass is 291 g/mol. The molecule has 0 amide bonds. The number of halogens is 1. The quantitative estimate of drug-likeness (QED) is 0.666. The summed E-state index contributed by atoms with van der Waals surface area (Å²) in [7, 11) is 0. The molecule has 3 nitrogen and oxygen atoms in total. The van der Waals surface area contributed by atoms with Crippen LogP contribution in [-0.4, -0.2) is 11.1 Å². The maximum absolute atomic E-state index is 13.7. The van der Waals surface area contributed by atoms with Gasteiger partial charge in [-0.05, 0) is 48.4 Å². The van der Waals surface area contributed by atoms with Gasteiger partial charge >= 0.3 is 5.97 Å². The number of benzene rings is 2. The molecule has 0 fully saturated rings. The Labute approximate surface area is 120 Å². The molecular weight excluding hydrogens is 277 g/mol. The number of aromatic carboxylic acids is 1. The Morgan fingerprint density at radius 3 is 2.70 bits per heavy atom. The van der Waals surface area contributed by atoms with Crippen LogP contribution in [0.4, 0.5) is 10.1 Å². The van der Waals surface area contributed by atoms with Crippen molar-refractivity contribution < 1.29 is 14.3 Å². The number of nitrogen functional groups attached to an aromatic ring is 1. The van der Waals surface area contributed by atoms with E-state index < -0.39 is 11.8 Å². The minimum Gasteiger partial charge on any atom is -0.478 e. The summed E-state index contributed by atoms with van der Waals surface area (Å²) in [6, 6.07) is 9.46. The Morgan fingerprint density at radius 1 is 1.30 bits per heavy atom. The zero-order valence-corrected chi connectivity index (χ0v) is 11.7. The molecule has 2 rings (SSSR count). The molecule has 0 atom stereocenters. The van der Waals surface area contributed by atoms with E-state index in [0.717, 1.165) is 10.5 Å². The lowest BCUT2D eigenvalue weighted by Gasteiger charge is -2.08. The van der Waals surface area contributed by atoms with Gasteiger partial charge < -0.3 is 10.8 Å². The summed E-state index contributed by atoms with van der Waals surface area (Å²) in [6.07, 6.45) is 0. The first kappa shape index (κ1) is 14.4. The number of hydrogen-bond donors (Lipinski definition) is 2. The minimum atomic E-state index is -1.06. The fraction of sp³-hybridized carbons (Fsp3) is 0.133. The van der Waals surface area contributed by atoms with E-state index in [4.69, 9.17) is 10.8 Å². The Balaban J connectivity index is 2.18. The highest BCUT2D eigenvalue weighted by Crippen LogP contribution is 2.29. The normalized spacial score (nSPS) is 10.5. The summed E-state index contributed by atoms with van der Waals surface area (Å²) in [5.41, 5.74) is 8.04. The third-order valence-electron chi connectivity index (χ3n) is 2.84. The van der Waals surface area contributed by atoms with Crippen molar-refractivity contribution in [3.8, 4) is 0 Å². The van der Waals surface area contributed by atoms with Gasteiger partial charge in [-0.2, -0.15) is 0 Å². The molecule has 104 valence electrons. The molecule has 0 aliphatic carbocycles. The number of anilines is 1. The van der Waals surface area contributed by atoms with Crippen LogP contribution in [0.15, 0.2) is 41.3 Å². The predicted molar refractivity (Wildman–Crippen MR) is 78.5 cm³/mol. The van der Waals surface area contributed by atoms with Crippen LogP contribution in [-0.2, 0) is 5.75 Å². The number of carboxylic acids is 1. The SMILES string of the molecule is Cc1ccc(SCc2cc(C(=O)O)ccc2F)c(N)c1. The van der Waals surface area contributed by atoms with Gasteiger partial charge in [0, 0.05) is 16.3 Å². The molecule has 2 aromatic carbocycles. The van der Waals surface area contributed by atoms with Crippen molar-refractivity contribution in [2.24, 2.45) is 0 Å². The molecule has 2 aromatic rings. The van der Waals surface area contributed by atoms with Crippen LogP contribution in [0.3, 0.4) is 0 Å². The molecular formula is C15H14FNO2S. The number of hydrogen-bond acceptors (Lipinski definition) is 3. The molecule has 5 heteroatoms. The second kappa shape index (κ2) is 5.96. The number of thioether (sulfide) groups is 1. The molecule has 0 aliphatic heterocycles. The van der Waals surface area contributed by atoms with E-state index in [9.17, 15) is 9.18 Å². The lowest BCUT2D eigenvalue weighted by Crippen LogP contribution is -1.99. The van der Waals surface area contributed by atoms with Gasteiger partial charge in [-0.25, -0.2) is 9.18 Å². The molecule has 0 unspecified atom stereocenters. The standard InChI is InChI=1S/C15H14FNO2S/c1-9-2-5-14(13(17)6-9)20-8-11-7-10(15(18)19)3-4-12(11)16/h2-7H,8,17H2,1H3,(H,18,19). The van der Waals surface area contributed by atoms with Gasteiger partial charge in [0.05, 0.1) is 5.56 Å². The van der Waals surface area contributed by atoms with E-state index in [1.54, 1.807) is 0 Å². The Morgan fingerprint density at radius 2 is 2.05 bits per heavy atom. The van der Waals surface area contributed by atoms with Crippen LogP contribution in [0.5, 0.6) is 0 Å². The van der Waals surface area contributed by atoms with E-state index in [0.29, 0.717) is 17.0 Å². The molecule has 0 aliphatic rings. The first-order valence-electron chi connectivity index (χ1n) is 5.98. The van der Waals surface area contributed by atoms with E-state index in [-0.39, 0.29) is 5.56 Å². The van der Waals surface area contributed by atoms with Crippen molar-refractivity contribution in [2.45, 2.75) is 17.6 Å². The maximum atomic E-state index is 13.7. The fourth-order valence-electron chi connectivity index (χ4n) is 1.77. The zero-order valence-electron chi connectivity index (χ0n) is 10.9. The highest BCUT2D eigenvalue weighted by molar-refractivity contribution is 7.98. The van der Waals surface area contributed by atoms with Gasteiger partial charge in [0.1, 0.15) is 5.82 Å². The summed E-state index contributed by atoms with van der Waals surface area (Å²) in [4.78, 5) is 11.7. The van der Waals surface area contributed by atoms with Crippen molar-refractivity contribution in [2.75, 3.05) is 5.73 Å². The van der Waals surface area contributed by atoms with Crippen molar-refractivity contribution in [3.05, 3.63) is 58.9 Å². The number of nitrogens with two attached hydrogens (primary N) is 1. The van der Waals surface area contributed by atoms with Crippen molar-refractivity contribution in [3.63, 3.8) is 0 Å². The molecule has 20 heavy (non-hydrogen) atoms. The summed E-state index contributed by atoms with van der Waals surface area (Å²) >= 11 is 1.39. The largest absolute Gasteiger partial charge is 0.478 e. The molecule has 0 saturated heterocycles. The fourth-order valence-corrected chi connectivity index (χ4v) is 2.70. The molecule has 0 spiro atoms. The summed E-state index contributed by atoms with van der Waals surface area (Å²) in [5.74, 6) is -1.14. The lowest BCUT2D eigenvalue weighted by atomic mass is 10.1. The summed E-state index contributed by atoms with van der Waals surface area (Å²) in [5, 5.41) is 8.91. The smallest absolute Gasteiger partial charge is 0.335 e. The Kier molecular flexibility index (Phi) is 4.29. The van der Waals surface area contributed by atoms with Crippen LogP contribution in [0.25, 0.3) is 0 Å². The number of aryl methyl sites for hydroxylation is 1. The summed E-state index contributed by atoms with van der Waals surface area (Å²) in [6.45, 7) is 1.95. The molecule has 0 bridgehead atoms. The molecule has 0 saturated carbocycles. The second-order valence-electron chi connectivity index (χ2n) is 4.44.